The quantitative estimate of drug-likeness (QED) is 0.0314. The molecule has 0 unspecified atom stereocenters. The first kappa shape index (κ1) is 102. The summed E-state index contributed by atoms with van der Waals surface area (Å²) in [6.07, 6.45) is 3.36. The number of nitrogens with zero attached hydrogens (tertiary/aromatic N) is 16. The number of carbonyl (C=O) groups is 3. The van der Waals surface area contributed by atoms with Crippen LogP contribution in [0, 0.1) is 67.2 Å². The molecule has 13 heterocycles. The highest BCUT2D eigenvalue weighted by molar-refractivity contribution is 7.91. The second kappa shape index (κ2) is 43.0. The molecule has 0 saturated carbocycles. The average Bonchev–Trinajstić information content (AvgIpc) is 1.37. The number of halogens is 5. The van der Waals surface area contributed by atoms with Crippen LogP contribution in [0.2, 0.25) is 0 Å². The summed E-state index contributed by atoms with van der Waals surface area (Å²) in [4.78, 5) is 115. The number of rotatable bonds is 19. The normalized spacial score (nSPS) is 12.3. The maximum absolute atomic E-state index is 13.4. The van der Waals surface area contributed by atoms with E-state index in [1.54, 1.807) is 119 Å². The minimum absolute atomic E-state index is 0. The highest BCUT2D eigenvalue weighted by Gasteiger charge is 2.33. The molecular formula is C98H97F5N16O13S6. The fraction of sp³-hybridized carbons (Fsp3) is 0.286. The molecule has 0 atom stereocenters. The number of aromatic nitrogens is 14. The van der Waals surface area contributed by atoms with Gasteiger partial charge in [0.15, 0.2) is 22.1 Å². The zero-order valence-corrected chi connectivity index (χ0v) is 81.7. The standard InChI is InChI=1S/C22H25FN4O2S.C20H21FN2O4S.C20H15FN2O3S2.C18H16FN5OS.C17H16FN3O3S.CH4/c1-15-4-6-17(7-5-15)27-21(28)19-16(2)30-14-18(19)20(24-27)22(29)26-12-10-25(11-13-26)9-3-8-23;1-12-16-15(11-28-12)17(19(25)27-20(2,3)4)22-23(18(16)24)13-5-7-14(8-6-13)26-10-9-21;1-12-3-7-15(8-4-12)23-20(24)18-13(2)27-11-17(18)19(22-23)28(25,26)16-9-5-14(21)6-10-16;1-11-3-5-13(6-4-11)24-18(25)16-12(2)26-10-14(16)17(21-24)15-9-23(8-7-19)22-20-15;1-9-13-11(8-25-9)14(16(23)24-17(2,3)4)20-21(15(13)22)10-5-6-12(18)19-7-10;/h4-7,14H,3,8-13H2,1-2H3;5-8,11H,9-10H2,1-4H3;3-11H,1-2H3;3-6,9-10H,7-8H2,1-2H3;5-8H,1-4H3;1H4/i23-1;2*21-1;19-1;18-1;. The zero-order chi connectivity index (χ0) is 98.4. The van der Waals surface area contributed by atoms with Gasteiger partial charge < -0.3 is 19.1 Å². The number of thiophene rings is 5. The number of pyridine rings is 1. The van der Waals surface area contributed by atoms with E-state index in [2.05, 4.69) is 45.7 Å². The molecule has 1 saturated heterocycles. The SMILES string of the molecule is C.Cc1ccc(-n2nc(-c3cn(CC[18F])nn3)c3csc(C)c3c2=O)cc1.Cc1ccc(-n2nc(C(=O)N3CCN(CCC[18F])CC3)c3csc(C)c3c2=O)cc1.Cc1ccc(-n2nc(S(=O)(=O)c3ccc([18F])cc3)c3csc(C)c3c2=O)cc1.Cc1scc2c(C(=O)OC(C)(C)C)nn(-c3ccc(OCC[18F])cc3)c(=O)c12.Cc1scc2c(C(=O)OC(C)(C)C)nn(-c3ccc([18F])nc3)c(=O)c12. The van der Waals surface area contributed by atoms with Crippen molar-refractivity contribution in [2.24, 2.45) is 0 Å². The van der Waals surface area contributed by atoms with Crippen LogP contribution < -0.4 is 32.5 Å². The largest absolute Gasteiger partial charge is 0.491 e. The van der Waals surface area contributed by atoms with Crippen molar-refractivity contribution in [1.29, 1.82) is 0 Å². The number of ether oxygens (including phenoxy) is 3. The van der Waals surface area contributed by atoms with E-state index in [-0.39, 0.29) is 87.8 Å². The lowest BCUT2D eigenvalue weighted by Gasteiger charge is -2.34. The van der Waals surface area contributed by atoms with Gasteiger partial charge in [0, 0.05) is 111 Å². The highest BCUT2D eigenvalue weighted by atomic mass is 32.2. The minimum atomic E-state index is -4.06. The van der Waals surface area contributed by atoms with Gasteiger partial charge in [-0.3, -0.25) is 38.1 Å². The van der Waals surface area contributed by atoms with E-state index in [0.29, 0.717) is 120 Å². The van der Waals surface area contributed by atoms with Crippen molar-refractivity contribution in [3.63, 3.8) is 0 Å². The van der Waals surface area contributed by atoms with E-state index in [1.807, 2.05) is 113 Å². The molecule has 1 amide bonds. The Hall–Kier alpha value is -13.6. The molecule has 0 N–H and O–H groups in total. The molecule has 18 rings (SSSR count). The lowest BCUT2D eigenvalue weighted by molar-refractivity contribution is 0.00510. The fourth-order valence-corrected chi connectivity index (χ4v) is 20.3. The van der Waals surface area contributed by atoms with Gasteiger partial charge in [-0.05, 0) is 200 Å². The molecule has 138 heavy (non-hydrogen) atoms. The molecule has 1 aliphatic rings. The Bertz CT molecular complexity index is 7830. The monoisotopic (exact) mass is 1990 g/mol. The predicted octanol–water partition coefficient (Wildman–Crippen LogP) is 18.4. The first-order valence-electron chi connectivity index (χ1n) is 42.9. The Balaban J connectivity index is 0.000000145. The molecule has 0 radical (unpaired) electrons. The second-order valence-corrected chi connectivity index (χ2v) is 41.0. The van der Waals surface area contributed by atoms with Crippen LogP contribution in [0.1, 0.15) is 128 Å². The number of benzene rings is 5. The van der Waals surface area contributed by atoms with E-state index in [0.717, 1.165) is 82.2 Å². The van der Waals surface area contributed by atoms with Crippen LogP contribution in [0.4, 0.5) is 22.0 Å². The predicted molar refractivity (Wildman–Crippen MR) is 530 cm³/mol. The molecule has 1 fully saturated rings. The lowest BCUT2D eigenvalue weighted by atomic mass is 10.1. The number of esters is 2. The van der Waals surface area contributed by atoms with Gasteiger partial charge in [-0.1, -0.05) is 65.7 Å². The van der Waals surface area contributed by atoms with Gasteiger partial charge in [-0.2, -0.15) is 53.3 Å². The summed E-state index contributed by atoms with van der Waals surface area (Å²) in [5.74, 6) is -2.10. The molecule has 17 aromatic rings. The number of piperazine rings is 1. The van der Waals surface area contributed by atoms with E-state index in [1.165, 1.54) is 99.8 Å². The molecule has 718 valence electrons. The summed E-state index contributed by atoms with van der Waals surface area (Å²) >= 11 is 6.97. The second-order valence-electron chi connectivity index (χ2n) is 33.8. The van der Waals surface area contributed by atoms with Crippen molar-refractivity contribution in [1.82, 2.24) is 78.7 Å². The smallest absolute Gasteiger partial charge is 0.360 e. The van der Waals surface area contributed by atoms with Gasteiger partial charge in [0.1, 0.15) is 54.1 Å². The third-order valence-corrected chi connectivity index (χ3v) is 27.8. The van der Waals surface area contributed by atoms with Crippen LogP contribution >= 0.6 is 56.7 Å². The first-order chi connectivity index (χ1) is 65.2. The molecule has 0 bridgehead atoms. The Morgan fingerprint density at radius 1 is 0.435 bits per heavy atom. The van der Waals surface area contributed by atoms with Crippen molar-refractivity contribution in [2.75, 3.05) is 59.4 Å². The van der Waals surface area contributed by atoms with Crippen molar-refractivity contribution < 1.29 is 59.0 Å². The van der Waals surface area contributed by atoms with E-state index in [4.69, 9.17) is 14.2 Å². The Morgan fingerprint density at radius 3 is 1.24 bits per heavy atom. The van der Waals surface area contributed by atoms with Crippen LogP contribution in [-0.4, -0.2) is 176 Å². The van der Waals surface area contributed by atoms with Gasteiger partial charge in [0.2, 0.25) is 15.8 Å². The van der Waals surface area contributed by atoms with Crippen LogP contribution in [0.3, 0.4) is 0 Å². The van der Waals surface area contributed by atoms with Gasteiger partial charge in [0.05, 0.1) is 85.9 Å². The Morgan fingerprint density at radius 2 is 0.819 bits per heavy atom. The summed E-state index contributed by atoms with van der Waals surface area (Å²) in [6.45, 7) is 27.6. The molecule has 0 aliphatic carbocycles. The fourth-order valence-electron chi connectivity index (χ4n) is 14.7. The number of alkyl halides is 3. The molecule has 5 aromatic carbocycles. The third kappa shape index (κ3) is 22.4. The topological polar surface area (TPSA) is 338 Å². The molecule has 1 aliphatic heterocycles. The van der Waals surface area contributed by atoms with Crippen molar-refractivity contribution in [3.05, 3.63) is 294 Å². The molecule has 12 aromatic heterocycles. The summed E-state index contributed by atoms with van der Waals surface area (Å²) in [6, 6.07) is 35.8. The zero-order valence-electron chi connectivity index (χ0n) is 76.8. The van der Waals surface area contributed by atoms with Crippen LogP contribution in [0.25, 0.3) is 93.7 Å². The summed E-state index contributed by atoms with van der Waals surface area (Å²) in [5.41, 5.74) is 4.39. The van der Waals surface area contributed by atoms with Crippen molar-refractivity contribution in [3.8, 4) is 45.6 Å². The molecule has 40 heteroatoms. The van der Waals surface area contributed by atoms with Crippen LogP contribution in [0.5, 0.6) is 5.75 Å². The lowest BCUT2D eigenvalue weighted by Crippen LogP contribution is -2.49. The van der Waals surface area contributed by atoms with Gasteiger partial charge in [-0.15, -0.1) is 61.8 Å². The maximum atomic E-state index is 13.4. The van der Waals surface area contributed by atoms with Gasteiger partial charge in [0.25, 0.3) is 33.7 Å². The van der Waals surface area contributed by atoms with E-state index >= 15 is 0 Å². The number of sulfone groups is 1. The third-order valence-electron chi connectivity index (χ3n) is 21.5. The summed E-state index contributed by atoms with van der Waals surface area (Å²) < 4.78 is 114. The molecular weight excluding hydrogens is 1890 g/mol. The Labute approximate surface area is 808 Å². The highest BCUT2D eigenvalue weighted by Crippen LogP contribution is 2.35. The average molecular weight is 1990 g/mol. The van der Waals surface area contributed by atoms with Crippen LogP contribution in [0.15, 0.2) is 207 Å². The maximum Gasteiger partial charge on any atom is 0.360 e. The first-order valence-corrected chi connectivity index (χ1v) is 48.8. The Kier molecular flexibility index (Phi) is 31.7. The number of fused-ring (bicyclic) bond motifs is 5. The van der Waals surface area contributed by atoms with E-state index < -0.39 is 63.7 Å². The van der Waals surface area contributed by atoms with Crippen LogP contribution in [-0.2, 0) is 25.9 Å². The molecule has 29 nitrogen and oxygen atoms in total. The summed E-state index contributed by atoms with van der Waals surface area (Å²) in [7, 11) is -4.06. The van der Waals surface area contributed by atoms with Crippen molar-refractivity contribution >= 4 is 138 Å². The van der Waals surface area contributed by atoms with Gasteiger partial charge in [-0.25, -0.2) is 40.8 Å². The number of aryl methyl sites for hydroxylation is 9. The number of hydrogen-bond donors (Lipinski definition) is 0. The van der Waals surface area contributed by atoms with Gasteiger partial charge >= 0.3 is 11.9 Å². The summed E-state index contributed by atoms with van der Waals surface area (Å²) in [5, 5.41) is 43.3. The number of amides is 1. The number of hydrogen-bond acceptors (Lipinski definition) is 27. The minimum Gasteiger partial charge on any atom is -0.491 e. The number of carbonyl (C=O) groups excluding carboxylic acids is 3. The molecule has 0 spiro atoms. The van der Waals surface area contributed by atoms with Crippen molar-refractivity contribution in [2.45, 2.75) is 138 Å². The van der Waals surface area contributed by atoms with E-state index in [9.17, 15) is 68.7 Å².